The second-order valence-electron chi connectivity index (χ2n) is 7.33. The number of anilines is 2. The number of carbonyl (C=O) groups excluding carboxylic acids is 1. The van der Waals surface area contributed by atoms with Crippen LogP contribution in [-0.2, 0) is 13.1 Å². The first-order chi connectivity index (χ1) is 15.8. The number of H-pyrrole nitrogens is 1. The lowest BCUT2D eigenvalue weighted by atomic mass is 10.1. The Hall–Kier alpha value is -3.59. The van der Waals surface area contributed by atoms with Gasteiger partial charge >= 0.3 is 5.69 Å². The van der Waals surface area contributed by atoms with E-state index in [4.69, 9.17) is 22.1 Å². The molecule has 0 saturated heterocycles. The first kappa shape index (κ1) is 24.1. The van der Waals surface area contributed by atoms with Crippen molar-refractivity contribution in [3.8, 4) is 5.75 Å². The van der Waals surface area contributed by atoms with Gasteiger partial charge in [0.1, 0.15) is 17.4 Å². The number of nitrogens with one attached hydrogen (secondary N) is 1. The standard InChI is InChI=1S/C23H24ClFN4O4/c1-3-4-11-28-20(26)19(21(30)27-23(28)32)29(13-14-7-5-6-8-18(14)33-2)22(31)16-10-9-15(25)12-17(16)24/h5-10,12H,3-4,11,13,26H2,1-2H3,(H,27,30,32). The van der Waals surface area contributed by atoms with Gasteiger partial charge in [-0.05, 0) is 30.7 Å². The SMILES string of the molecule is CCCCn1c(N)c(N(Cc2ccccc2OC)C(=O)c2ccc(F)cc2Cl)c(=O)[nH]c1=O. The minimum absolute atomic E-state index is 0.0296. The number of para-hydroxylation sites is 1. The van der Waals surface area contributed by atoms with E-state index < -0.39 is 23.0 Å². The van der Waals surface area contributed by atoms with Crippen molar-refractivity contribution >= 4 is 29.0 Å². The van der Waals surface area contributed by atoms with Gasteiger partial charge in [-0.2, -0.15) is 0 Å². The average Bonchev–Trinajstić information content (AvgIpc) is 2.78. The van der Waals surface area contributed by atoms with Crippen LogP contribution in [0.4, 0.5) is 15.9 Å². The second-order valence-corrected chi connectivity index (χ2v) is 7.73. The van der Waals surface area contributed by atoms with Gasteiger partial charge in [0.25, 0.3) is 11.5 Å². The molecule has 3 rings (SSSR count). The lowest BCUT2D eigenvalue weighted by Crippen LogP contribution is -2.41. The third-order valence-electron chi connectivity index (χ3n) is 5.15. The Labute approximate surface area is 194 Å². The van der Waals surface area contributed by atoms with Crippen molar-refractivity contribution in [3.63, 3.8) is 0 Å². The summed E-state index contributed by atoms with van der Waals surface area (Å²) >= 11 is 6.14. The molecular formula is C23H24ClFN4O4. The number of rotatable bonds is 8. The number of methoxy groups -OCH3 is 1. The van der Waals surface area contributed by atoms with Gasteiger partial charge in [-0.25, -0.2) is 9.18 Å². The van der Waals surface area contributed by atoms with E-state index in [0.717, 1.165) is 23.5 Å². The summed E-state index contributed by atoms with van der Waals surface area (Å²) in [5.74, 6) is -0.976. The molecule has 1 heterocycles. The zero-order valence-corrected chi connectivity index (χ0v) is 19.0. The number of hydrogen-bond donors (Lipinski definition) is 2. The number of halogens is 2. The molecule has 0 spiro atoms. The van der Waals surface area contributed by atoms with Crippen LogP contribution in [0.25, 0.3) is 0 Å². The highest BCUT2D eigenvalue weighted by molar-refractivity contribution is 6.34. The Bertz CT molecular complexity index is 1290. The maximum atomic E-state index is 13.6. The van der Waals surface area contributed by atoms with Gasteiger partial charge in [0.15, 0.2) is 5.69 Å². The van der Waals surface area contributed by atoms with Gasteiger partial charge in [0.05, 0.1) is 24.2 Å². The molecule has 1 amide bonds. The Morgan fingerprint density at radius 1 is 1.24 bits per heavy atom. The average molecular weight is 475 g/mol. The normalized spacial score (nSPS) is 10.8. The fourth-order valence-corrected chi connectivity index (χ4v) is 3.69. The third kappa shape index (κ3) is 5.09. The van der Waals surface area contributed by atoms with Gasteiger partial charge in [0.2, 0.25) is 0 Å². The molecule has 0 aliphatic rings. The Balaban J connectivity index is 2.22. The van der Waals surface area contributed by atoms with Crippen LogP contribution >= 0.6 is 11.6 Å². The fraction of sp³-hybridized carbons (Fsp3) is 0.261. The van der Waals surface area contributed by atoms with Gasteiger partial charge in [0, 0.05) is 12.1 Å². The molecule has 0 fully saturated rings. The van der Waals surface area contributed by atoms with Crippen molar-refractivity contribution in [1.82, 2.24) is 9.55 Å². The van der Waals surface area contributed by atoms with Crippen LogP contribution in [0.1, 0.15) is 35.7 Å². The van der Waals surface area contributed by atoms with E-state index >= 15 is 0 Å². The quantitative estimate of drug-likeness (QED) is 0.518. The summed E-state index contributed by atoms with van der Waals surface area (Å²) in [6.45, 7) is 2.09. The highest BCUT2D eigenvalue weighted by Crippen LogP contribution is 2.28. The van der Waals surface area contributed by atoms with Crippen LogP contribution < -0.4 is 26.6 Å². The highest BCUT2D eigenvalue weighted by Gasteiger charge is 2.27. The Morgan fingerprint density at radius 2 is 1.97 bits per heavy atom. The van der Waals surface area contributed by atoms with Crippen molar-refractivity contribution in [1.29, 1.82) is 0 Å². The van der Waals surface area contributed by atoms with Crippen molar-refractivity contribution in [2.45, 2.75) is 32.9 Å². The number of carbonyl (C=O) groups is 1. The highest BCUT2D eigenvalue weighted by atomic mass is 35.5. The number of aromatic amines is 1. The zero-order valence-electron chi connectivity index (χ0n) is 18.2. The van der Waals surface area contributed by atoms with Gasteiger partial charge < -0.3 is 10.5 Å². The molecule has 2 aromatic carbocycles. The summed E-state index contributed by atoms with van der Waals surface area (Å²) in [6.07, 6.45) is 1.43. The van der Waals surface area contributed by atoms with Gasteiger partial charge in [-0.15, -0.1) is 0 Å². The first-order valence-electron chi connectivity index (χ1n) is 10.3. The van der Waals surface area contributed by atoms with Crippen molar-refractivity contribution < 1.29 is 13.9 Å². The molecule has 0 aliphatic carbocycles. The topological polar surface area (TPSA) is 110 Å². The predicted molar refractivity (Wildman–Crippen MR) is 126 cm³/mol. The van der Waals surface area contributed by atoms with E-state index in [1.165, 1.54) is 17.7 Å². The molecular weight excluding hydrogens is 451 g/mol. The maximum Gasteiger partial charge on any atom is 0.330 e. The van der Waals surface area contributed by atoms with Crippen LogP contribution in [0.3, 0.4) is 0 Å². The lowest BCUT2D eigenvalue weighted by Gasteiger charge is -2.26. The molecule has 1 aromatic heterocycles. The van der Waals surface area contributed by atoms with Crippen LogP contribution in [0.5, 0.6) is 5.75 Å². The lowest BCUT2D eigenvalue weighted by molar-refractivity contribution is 0.0984. The number of benzene rings is 2. The van der Waals surface area contributed by atoms with Crippen LogP contribution in [0.2, 0.25) is 5.02 Å². The third-order valence-corrected chi connectivity index (χ3v) is 5.46. The minimum atomic E-state index is -0.827. The summed E-state index contributed by atoms with van der Waals surface area (Å²) in [4.78, 5) is 42.2. The number of nitrogen functional groups attached to an aromatic ring is 1. The maximum absolute atomic E-state index is 13.6. The smallest absolute Gasteiger partial charge is 0.330 e. The molecule has 0 aliphatic heterocycles. The number of ether oxygens (including phenoxy) is 1. The fourth-order valence-electron chi connectivity index (χ4n) is 3.44. The number of unbranched alkanes of at least 4 members (excludes halogenated alkanes) is 1. The molecule has 33 heavy (non-hydrogen) atoms. The number of aromatic nitrogens is 2. The Morgan fingerprint density at radius 3 is 2.64 bits per heavy atom. The van der Waals surface area contributed by atoms with E-state index in [0.29, 0.717) is 17.7 Å². The van der Waals surface area contributed by atoms with Crippen LogP contribution in [0.15, 0.2) is 52.1 Å². The van der Waals surface area contributed by atoms with E-state index in [-0.39, 0.29) is 35.2 Å². The predicted octanol–water partition coefficient (Wildman–Crippen LogP) is 3.57. The molecule has 0 bridgehead atoms. The Kier molecular flexibility index (Phi) is 7.55. The molecule has 174 valence electrons. The second kappa shape index (κ2) is 10.4. The summed E-state index contributed by atoms with van der Waals surface area (Å²) < 4.78 is 20.2. The molecule has 0 radical (unpaired) electrons. The summed E-state index contributed by atoms with van der Waals surface area (Å²) in [5, 5.41) is -0.126. The number of nitrogens with two attached hydrogens (primary N) is 1. The summed E-state index contributed by atoms with van der Waals surface area (Å²) in [5.41, 5.74) is 5.10. The zero-order chi connectivity index (χ0) is 24.1. The molecule has 0 unspecified atom stereocenters. The number of nitrogens with zero attached hydrogens (tertiary/aromatic N) is 2. The monoisotopic (exact) mass is 474 g/mol. The van der Waals surface area contributed by atoms with E-state index in [1.54, 1.807) is 24.3 Å². The summed E-state index contributed by atoms with van der Waals surface area (Å²) in [7, 11) is 1.48. The van der Waals surface area contributed by atoms with Crippen LogP contribution in [0, 0.1) is 5.82 Å². The molecule has 8 nitrogen and oxygen atoms in total. The first-order valence-corrected chi connectivity index (χ1v) is 10.7. The number of hydrogen-bond acceptors (Lipinski definition) is 5. The number of amides is 1. The molecule has 3 aromatic rings. The molecule has 3 N–H and O–H groups in total. The van der Waals surface area contributed by atoms with Crippen molar-refractivity contribution in [3.05, 3.63) is 85.3 Å². The minimum Gasteiger partial charge on any atom is -0.496 e. The van der Waals surface area contributed by atoms with Gasteiger partial charge in [-0.1, -0.05) is 43.1 Å². The molecule has 0 saturated carbocycles. The van der Waals surface area contributed by atoms with Crippen molar-refractivity contribution in [2.24, 2.45) is 0 Å². The molecule has 0 atom stereocenters. The van der Waals surface area contributed by atoms with Crippen molar-refractivity contribution in [2.75, 3.05) is 17.7 Å². The van der Waals surface area contributed by atoms with Gasteiger partial charge in [-0.3, -0.25) is 24.0 Å². The van der Waals surface area contributed by atoms with E-state index in [2.05, 4.69) is 4.98 Å². The summed E-state index contributed by atoms with van der Waals surface area (Å²) in [6, 6.07) is 10.3. The van der Waals surface area contributed by atoms with E-state index in [9.17, 15) is 18.8 Å². The van der Waals surface area contributed by atoms with Crippen LogP contribution in [-0.4, -0.2) is 22.6 Å². The largest absolute Gasteiger partial charge is 0.496 e. The van der Waals surface area contributed by atoms with E-state index in [1.807, 2.05) is 6.92 Å². The molecule has 10 heteroatoms.